The zero-order valence-corrected chi connectivity index (χ0v) is 15.0. The summed E-state index contributed by atoms with van der Waals surface area (Å²) in [6, 6.07) is 11.9. The van der Waals surface area contributed by atoms with Gasteiger partial charge in [0.15, 0.2) is 0 Å². The molecule has 6 nitrogen and oxygen atoms in total. The number of pyridine rings is 1. The Morgan fingerprint density at radius 2 is 1.81 bits per heavy atom. The molecule has 3 aromatic rings. The molecular weight excluding hydrogens is 326 g/mol. The highest BCUT2D eigenvalue weighted by atomic mass is 16.4. The number of aryl methyl sites for hydroxylation is 1. The Balaban J connectivity index is 1.49. The van der Waals surface area contributed by atoms with Crippen molar-refractivity contribution in [3.63, 3.8) is 0 Å². The average molecular weight is 349 g/mol. The molecule has 1 N–H and O–H groups in total. The van der Waals surface area contributed by atoms with Crippen molar-refractivity contribution in [3.8, 4) is 22.9 Å². The summed E-state index contributed by atoms with van der Waals surface area (Å²) >= 11 is 0. The van der Waals surface area contributed by atoms with Gasteiger partial charge in [0.05, 0.1) is 5.56 Å². The molecule has 2 aromatic heterocycles. The summed E-state index contributed by atoms with van der Waals surface area (Å²) in [6.45, 7) is 6.32. The van der Waals surface area contributed by atoms with Crippen molar-refractivity contribution >= 4 is 5.82 Å². The minimum atomic E-state index is 0.484. The van der Waals surface area contributed by atoms with E-state index in [1.807, 2.05) is 36.4 Å². The lowest BCUT2D eigenvalue weighted by atomic mass is 10.1. The van der Waals surface area contributed by atoms with E-state index in [0.29, 0.717) is 11.8 Å². The maximum Gasteiger partial charge on any atom is 0.251 e. The van der Waals surface area contributed by atoms with Crippen LogP contribution in [0.2, 0.25) is 0 Å². The Bertz CT molecular complexity index is 853. The van der Waals surface area contributed by atoms with Gasteiger partial charge in [-0.1, -0.05) is 17.7 Å². The van der Waals surface area contributed by atoms with E-state index in [4.69, 9.17) is 4.42 Å². The van der Waals surface area contributed by atoms with Crippen molar-refractivity contribution in [2.75, 3.05) is 31.5 Å². The molecule has 134 valence electrons. The molecule has 3 heterocycles. The third-order valence-corrected chi connectivity index (χ3v) is 4.68. The van der Waals surface area contributed by atoms with Gasteiger partial charge in [-0.3, -0.25) is 0 Å². The van der Waals surface area contributed by atoms with Crippen LogP contribution in [0.4, 0.5) is 5.82 Å². The van der Waals surface area contributed by atoms with Crippen LogP contribution >= 0.6 is 0 Å². The van der Waals surface area contributed by atoms with Crippen molar-refractivity contribution in [1.82, 2.24) is 20.1 Å². The van der Waals surface area contributed by atoms with Gasteiger partial charge in [-0.05, 0) is 57.1 Å². The predicted molar refractivity (Wildman–Crippen MR) is 102 cm³/mol. The van der Waals surface area contributed by atoms with E-state index in [1.165, 1.54) is 31.5 Å². The van der Waals surface area contributed by atoms with Crippen molar-refractivity contribution in [2.24, 2.45) is 0 Å². The number of benzene rings is 1. The Morgan fingerprint density at radius 1 is 1.04 bits per heavy atom. The molecule has 1 saturated heterocycles. The van der Waals surface area contributed by atoms with Gasteiger partial charge in [0.2, 0.25) is 5.89 Å². The number of rotatable bonds is 6. The number of hydrogen-bond donors (Lipinski definition) is 1. The topological polar surface area (TPSA) is 67.1 Å². The normalized spacial score (nSPS) is 14.7. The molecule has 0 atom stereocenters. The van der Waals surface area contributed by atoms with E-state index in [-0.39, 0.29) is 0 Å². The summed E-state index contributed by atoms with van der Waals surface area (Å²) < 4.78 is 5.90. The van der Waals surface area contributed by atoms with Gasteiger partial charge in [0, 0.05) is 24.8 Å². The van der Waals surface area contributed by atoms with Crippen molar-refractivity contribution in [2.45, 2.75) is 19.8 Å². The molecule has 1 aliphatic rings. The molecule has 1 aliphatic heterocycles. The molecule has 1 aromatic carbocycles. The van der Waals surface area contributed by atoms with E-state index in [0.717, 1.165) is 30.0 Å². The maximum atomic E-state index is 5.90. The van der Waals surface area contributed by atoms with Crippen molar-refractivity contribution in [1.29, 1.82) is 0 Å². The van der Waals surface area contributed by atoms with Crippen LogP contribution in [0, 0.1) is 6.92 Å². The summed E-state index contributed by atoms with van der Waals surface area (Å²) in [7, 11) is 0. The lowest BCUT2D eigenvalue weighted by Gasteiger charge is -2.15. The summed E-state index contributed by atoms with van der Waals surface area (Å²) in [4.78, 5) is 6.93. The quantitative estimate of drug-likeness (QED) is 0.733. The van der Waals surface area contributed by atoms with E-state index < -0.39 is 0 Å². The summed E-state index contributed by atoms with van der Waals surface area (Å²) in [5, 5.41) is 11.8. The van der Waals surface area contributed by atoms with Crippen LogP contribution in [0.3, 0.4) is 0 Å². The van der Waals surface area contributed by atoms with Gasteiger partial charge in [-0.25, -0.2) is 4.98 Å². The van der Waals surface area contributed by atoms with Gasteiger partial charge in [-0.15, -0.1) is 10.2 Å². The zero-order chi connectivity index (χ0) is 17.8. The van der Waals surface area contributed by atoms with E-state index in [2.05, 4.69) is 32.3 Å². The molecule has 0 unspecified atom stereocenters. The number of anilines is 1. The number of nitrogens with one attached hydrogen (secondary N) is 1. The number of aromatic nitrogens is 3. The summed E-state index contributed by atoms with van der Waals surface area (Å²) in [5.41, 5.74) is 2.95. The van der Waals surface area contributed by atoms with Gasteiger partial charge in [0.1, 0.15) is 5.82 Å². The maximum absolute atomic E-state index is 5.90. The first-order chi connectivity index (χ1) is 12.8. The van der Waals surface area contributed by atoms with Gasteiger partial charge in [-0.2, -0.15) is 0 Å². The van der Waals surface area contributed by atoms with E-state index in [9.17, 15) is 0 Å². The predicted octanol–water partition coefficient (Wildman–Crippen LogP) is 3.61. The lowest BCUT2D eigenvalue weighted by molar-refractivity contribution is 0.352. The molecular formula is C20H23N5O. The highest BCUT2D eigenvalue weighted by molar-refractivity contribution is 5.69. The van der Waals surface area contributed by atoms with Crippen LogP contribution < -0.4 is 5.32 Å². The molecule has 0 spiro atoms. The Hall–Kier alpha value is -2.73. The Kier molecular flexibility index (Phi) is 4.93. The van der Waals surface area contributed by atoms with Crippen LogP contribution in [0.15, 0.2) is 47.0 Å². The first-order valence-electron chi connectivity index (χ1n) is 9.12. The van der Waals surface area contributed by atoms with Crippen molar-refractivity contribution < 1.29 is 4.42 Å². The lowest BCUT2D eigenvalue weighted by Crippen LogP contribution is -2.26. The smallest absolute Gasteiger partial charge is 0.251 e. The molecule has 0 saturated carbocycles. The standard InChI is InChI=1S/C20H23N5O/c1-15-6-8-16(9-7-15)19-23-24-20(26-19)17-5-4-10-21-18(17)22-11-14-25-12-2-3-13-25/h4-10H,2-3,11-14H2,1H3,(H,21,22). The minimum absolute atomic E-state index is 0.484. The van der Waals surface area contributed by atoms with Crippen LogP contribution in [0.1, 0.15) is 18.4 Å². The molecule has 4 rings (SSSR count). The Morgan fingerprint density at radius 3 is 2.62 bits per heavy atom. The minimum Gasteiger partial charge on any atom is -0.416 e. The highest BCUT2D eigenvalue weighted by Gasteiger charge is 2.15. The largest absolute Gasteiger partial charge is 0.416 e. The second kappa shape index (κ2) is 7.66. The van der Waals surface area contributed by atoms with Gasteiger partial charge in [0.25, 0.3) is 5.89 Å². The summed E-state index contributed by atoms with van der Waals surface area (Å²) in [5.74, 6) is 1.79. The molecule has 0 bridgehead atoms. The molecule has 1 fully saturated rings. The second-order valence-corrected chi connectivity index (χ2v) is 6.65. The van der Waals surface area contributed by atoms with E-state index in [1.54, 1.807) is 6.20 Å². The average Bonchev–Trinajstić information content (AvgIpc) is 3.35. The number of likely N-dealkylation sites (tertiary alicyclic amines) is 1. The van der Waals surface area contributed by atoms with Crippen LogP contribution in [0.5, 0.6) is 0 Å². The van der Waals surface area contributed by atoms with Crippen LogP contribution in [-0.4, -0.2) is 46.3 Å². The fraction of sp³-hybridized carbons (Fsp3) is 0.350. The molecule has 6 heteroatoms. The van der Waals surface area contributed by atoms with E-state index >= 15 is 0 Å². The third-order valence-electron chi connectivity index (χ3n) is 4.68. The van der Waals surface area contributed by atoms with Gasteiger partial charge >= 0.3 is 0 Å². The summed E-state index contributed by atoms with van der Waals surface area (Å²) in [6.07, 6.45) is 4.39. The fourth-order valence-corrected chi connectivity index (χ4v) is 3.20. The monoisotopic (exact) mass is 349 g/mol. The zero-order valence-electron chi connectivity index (χ0n) is 15.0. The highest BCUT2D eigenvalue weighted by Crippen LogP contribution is 2.28. The molecule has 0 amide bonds. The third kappa shape index (κ3) is 3.75. The van der Waals surface area contributed by atoms with Crippen LogP contribution in [-0.2, 0) is 0 Å². The number of nitrogens with zero attached hydrogens (tertiary/aromatic N) is 4. The fourth-order valence-electron chi connectivity index (χ4n) is 3.20. The molecule has 0 radical (unpaired) electrons. The van der Waals surface area contributed by atoms with Crippen LogP contribution in [0.25, 0.3) is 22.9 Å². The SMILES string of the molecule is Cc1ccc(-c2nnc(-c3cccnc3NCCN3CCCC3)o2)cc1. The second-order valence-electron chi connectivity index (χ2n) is 6.65. The van der Waals surface area contributed by atoms with Crippen molar-refractivity contribution in [3.05, 3.63) is 48.2 Å². The number of hydrogen-bond acceptors (Lipinski definition) is 6. The first kappa shape index (κ1) is 16.7. The first-order valence-corrected chi connectivity index (χ1v) is 9.12. The van der Waals surface area contributed by atoms with Gasteiger partial charge < -0.3 is 14.6 Å². The molecule has 0 aliphatic carbocycles. The molecule has 26 heavy (non-hydrogen) atoms. The Labute approximate surface area is 153 Å².